The summed E-state index contributed by atoms with van der Waals surface area (Å²) in [5, 5.41) is 0.545. The Bertz CT molecular complexity index is 470. The molecular formula is C16H22ClNO2. The van der Waals surface area contributed by atoms with Crippen LogP contribution >= 0.6 is 11.6 Å². The van der Waals surface area contributed by atoms with Crippen molar-refractivity contribution in [2.75, 3.05) is 13.7 Å². The Morgan fingerprint density at radius 2 is 2.05 bits per heavy atom. The first-order valence-electron chi connectivity index (χ1n) is 7.22. The van der Waals surface area contributed by atoms with E-state index in [1.54, 1.807) is 6.07 Å². The molecular weight excluding hydrogens is 274 g/mol. The van der Waals surface area contributed by atoms with Crippen LogP contribution in [-0.4, -0.2) is 30.5 Å². The van der Waals surface area contributed by atoms with Crippen molar-refractivity contribution >= 4 is 17.5 Å². The number of rotatable bonds is 4. The summed E-state index contributed by atoms with van der Waals surface area (Å²) in [5.41, 5.74) is 1.07. The van der Waals surface area contributed by atoms with Crippen molar-refractivity contribution in [2.24, 2.45) is 0 Å². The maximum atomic E-state index is 12.2. The van der Waals surface area contributed by atoms with Gasteiger partial charge < -0.3 is 9.64 Å². The third kappa shape index (κ3) is 3.89. The van der Waals surface area contributed by atoms with E-state index in [0.717, 1.165) is 18.4 Å². The molecule has 1 aliphatic carbocycles. The molecule has 0 aliphatic heterocycles. The number of ether oxygens (including phenoxy) is 1. The molecule has 1 aliphatic rings. The lowest BCUT2D eigenvalue weighted by Crippen LogP contribution is -2.40. The minimum atomic E-state index is 0.0227. The quantitative estimate of drug-likeness (QED) is 0.845. The lowest BCUT2D eigenvalue weighted by atomic mass is 9.94. The van der Waals surface area contributed by atoms with Crippen LogP contribution in [0.15, 0.2) is 18.2 Å². The van der Waals surface area contributed by atoms with E-state index in [-0.39, 0.29) is 12.5 Å². The van der Waals surface area contributed by atoms with E-state index in [1.807, 2.05) is 31.0 Å². The van der Waals surface area contributed by atoms with E-state index in [1.165, 1.54) is 19.3 Å². The van der Waals surface area contributed by atoms with Crippen LogP contribution in [0.3, 0.4) is 0 Å². The lowest BCUT2D eigenvalue weighted by molar-refractivity contribution is -0.134. The van der Waals surface area contributed by atoms with Gasteiger partial charge in [0.2, 0.25) is 0 Å². The van der Waals surface area contributed by atoms with Crippen molar-refractivity contribution in [2.45, 2.75) is 45.1 Å². The highest BCUT2D eigenvalue weighted by Crippen LogP contribution is 2.26. The van der Waals surface area contributed by atoms with Gasteiger partial charge in [-0.05, 0) is 37.5 Å². The zero-order valence-corrected chi connectivity index (χ0v) is 12.9. The normalized spacial score (nSPS) is 15.9. The van der Waals surface area contributed by atoms with Crippen LogP contribution < -0.4 is 4.74 Å². The van der Waals surface area contributed by atoms with Crippen molar-refractivity contribution in [3.63, 3.8) is 0 Å². The zero-order valence-electron chi connectivity index (χ0n) is 12.2. The molecule has 0 spiro atoms. The first-order chi connectivity index (χ1) is 9.58. The average molecular weight is 296 g/mol. The molecule has 0 unspecified atom stereocenters. The van der Waals surface area contributed by atoms with Gasteiger partial charge in [0.15, 0.2) is 6.61 Å². The van der Waals surface area contributed by atoms with E-state index < -0.39 is 0 Å². The van der Waals surface area contributed by atoms with E-state index in [9.17, 15) is 4.79 Å². The van der Waals surface area contributed by atoms with E-state index in [4.69, 9.17) is 16.3 Å². The second kappa shape index (κ2) is 6.98. The second-order valence-corrected chi connectivity index (χ2v) is 5.93. The lowest BCUT2D eigenvalue weighted by Gasteiger charge is -2.31. The predicted molar refractivity (Wildman–Crippen MR) is 81.3 cm³/mol. The summed E-state index contributed by atoms with van der Waals surface area (Å²) in [7, 11) is 1.87. The summed E-state index contributed by atoms with van der Waals surface area (Å²) >= 11 is 6.06. The molecule has 110 valence electrons. The van der Waals surface area contributed by atoms with Crippen LogP contribution in [-0.2, 0) is 4.79 Å². The maximum absolute atomic E-state index is 12.2. The SMILES string of the molecule is Cc1ccc(Cl)c(OCC(=O)N(C)C2CCCCC2)c1. The van der Waals surface area contributed by atoms with E-state index in [0.29, 0.717) is 16.8 Å². The van der Waals surface area contributed by atoms with Crippen molar-refractivity contribution in [1.29, 1.82) is 0 Å². The highest BCUT2D eigenvalue weighted by Gasteiger charge is 2.22. The minimum absolute atomic E-state index is 0.0227. The summed E-state index contributed by atoms with van der Waals surface area (Å²) in [5.74, 6) is 0.603. The molecule has 0 atom stereocenters. The van der Waals surface area contributed by atoms with Crippen molar-refractivity contribution in [3.05, 3.63) is 28.8 Å². The Balaban J connectivity index is 1.89. The average Bonchev–Trinajstić information content (AvgIpc) is 2.48. The molecule has 1 aromatic carbocycles. The Hall–Kier alpha value is -1.22. The molecule has 2 rings (SSSR count). The third-order valence-electron chi connectivity index (χ3n) is 3.95. The molecule has 1 saturated carbocycles. The number of carbonyl (C=O) groups excluding carboxylic acids is 1. The molecule has 0 aromatic heterocycles. The maximum Gasteiger partial charge on any atom is 0.260 e. The second-order valence-electron chi connectivity index (χ2n) is 5.52. The summed E-state index contributed by atoms with van der Waals surface area (Å²) in [6, 6.07) is 5.94. The van der Waals surface area contributed by atoms with Crippen molar-refractivity contribution in [3.8, 4) is 5.75 Å². The van der Waals surface area contributed by atoms with Crippen LogP contribution in [0.5, 0.6) is 5.75 Å². The number of halogens is 1. The Morgan fingerprint density at radius 1 is 1.35 bits per heavy atom. The first kappa shape index (κ1) is 15.2. The summed E-state index contributed by atoms with van der Waals surface area (Å²) < 4.78 is 5.57. The smallest absolute Gasteiger partial charge is 0.260 e. The van der Waals surface area contributed by atoms with Gasteiger partial charge in [-0.2, -0.15) is 0 Å². The molecule has 20 heavy (non-hydrogen) atoms. The summed E-state index contributed by atoms with van der Waals surface area (Å²) in [6.45, 7) is 2.02. The van der Waals surface area contributed by atoms with Gasteiger partial charge >= 0.3 is 0 Å². The Labute approximate surface area is 125 Å². The first-order valence-corrected chi connectivity index (χ1v) is 7.60. The molecule has 0 heterocycles. The van der Waals surface area contributed by atoms with Gasteiger partial charge in [0.25, 0.3) is 5.91 Å². The molecule has 0 saturated heterocycles. The van der Waals surface area contributed by atoms with Crippen molar-refractivity contribution < 1.29 is 9.53 Å². The standard InChI is InChI=1S/C16H22ClNO2/c1-12-8-9-14(17)15(10-12)20-11-16(19)18(2)13-6-4-3-5-7-13/h8-10,13H,3-7,11H2,1-2H3. The number of amides is 1. The summed E-state index contributed by atoms with van der Waals surface area (Å²) in [4.78, 5) is 14.0. The molecule has 4 heteroatoms. The number of hydrogen-bond acceptors (Lipinski definition) is 2. The fourth-order valence-electron chi connectivity index (χ4n) is 2.63. The largest absolute Gasteiger partial charge is 0.482 e. The number of carbonyl (C=O) groups is 1. The van der Waals surface area contributed by atoms with Crippen LogP contribution in [0, 0.1) is 6.92 Å². The topological polar surface area (TPSA) is 29.5 Å². The fraction of sp³-hybridized carbons (Fsp3) is 0.562. The van der Waals surface area contributed by atoms with Gasteiger partial charge in [0.1, 0.15) is 5.75 Å². The van der Waals surface area contributed by atoms with Gasteiger partial charge in [0.05, 0.1) is 5.02 Å². The fourth-order valence-corrected chi connectivity index (χ4v) is 2.81. The molecule has 1 fully saturated rings. The van der Waals surface area contributed by atoms with Crippen LogP contribution in [0.4, 0.5) is 0 Å². The molecule has 0 radical (unpaired) electrons. The monoisotopic (exact) mass is 295 g/mol. The molecule has 0 N–H and O–H groups in total. The molecule has 1 amide bonds. The van der Waals surface area contributed by atoms with Crippen LogP contribution in [0.25, 0.3) is 0 Å². The van der Waals surface area contributed by atoms with Crippen LogP contribution in [0.2, 0.25) is 5.02 Å². The van der Waals surface area contributed by atoms with Crippen molar-refractivity contribution in [1.82, 2.24) is 4.90 Å². The number of aryl methyl sites for hydroxylation is 1. The third-order valence-corrected chi connectivity index (χ3v) is 4.27. The van der Waals surface area contributed by atoms with Gasteiger partial charge in [-0.15, -0.1) is 0 Å². The van der Waals surface area contributed by atoms with E-state index in [2.05, 4.69) is 0 Å². The Kier molecular flexibility index (Phi) is 5.30. The van der Waals surface area contributed by atoms with Crippen LogP contribution in [0.1, 0.15) is 37.7 Å². The van der Waals surface area contributed by atoms with Gasteiger partial charge in [-0.1, -0.05) is 36.9 Å². The predicted octanol–water partition coefficient (Wildman–Crippen LogP) is 3.82. The Morgan fingerprint density at radius 3 is 2.75 bits per heavy atom. The molecule has 3 nitrogen and oxygen atoms in total. The number of likely N-dealkylation sites (N-methyl/N-ethyl adjacent to an activating group) is 1. The van der Waals surface area contributed by atoms with Gasteiger partial charge in [-0.3, -0.25) is 4.79 Å². The van der Waals surface area contributed by atoms with Gasteiger partial charge in [-0.25, -0.2) is 0 Å². The summed E-state index contributed by atoms with van der Waals surface area (Å²) in [6.07, 6.45) is 5.93. The highest BCUT2D eigenvalue weighted by molar-refractivity contribution is 6.32. The van der Waals surface area contributed by atoms with E-state index >= 15 is 0 Å². The minimum Gasteiger partial charge on any atom is -0.482 e. The number of benzene rings is 1. The zero-order chi connectivity index (χ0) is 14.5. The number of hydrogen-bond donors (Lipinski definition) is 0. The number of nitrogens with zero attached hydrogens (tertiary/aromatic N) is 1. The molecule has 1 aromatic rings. The van der Waals surface area contributed by atoms with Gasteiger partial charge in [0, 0.05) is 13.1 Å². The molecule has 0 bridgehead atoms. The highest BCUT2D eigenvalue weighted by atomic mass is 35.5.